The summed E-state index contributed by atoms with van der Waals surface area (Å²) in [7, 11) is 0. The Bertz CT molecular complexity index is 958. The number of nitrogens with zero attached hydrogens (tertiary/aromatic N) is 2. The number of hydrogen-bond acceptors (Lipinski definition) is 2. The molecule has 0 N–H and O–H groups in total. The summed E-state index contributed by atoms with van der Waals surface area (Å²) in [5.74, 6) is 0. The summed E-state index contributed by atoms with van der Waals surface area (Å²) < 4.78 is 0. The third kappa shape index (κ3) is 3.23. The smallest absolute Gasteiger partial charge is 0.0652 e. The molecule has 28 heavy (non-hydrogen) atoms. The molecule has 3 aliphatic rings. The molecule has 0 aromatic heterocycles. The summed E-state index contributed by atoms with van der Waals surface area (Å²) >= 11 is 0. The average Bonchev–Trinajstić information content (AvgIpc) is 2.68. The Morgan fingerprint density at radius 2 is 1.29 bits per heavy atom. The van der Waals surface area contributed by atoms with Crippen molar-refractivity contribution in [3.8, 4) is 0 Å². The highest BCUT2D eigenvalue weighted by molar-refractivity contribution is 6.19. The molecule has 5 rings (SSSR count). The van der Waals surface area contributed by atoms with Gasteiger partial charge in [-0.05, 0) is 61.8 Å². The molecule has 2 aromatic rings. The van der Waals surface area contributed by atoms with E-state index in [1.807, 2.05) is 0 Å². The van der Waals surface area contributed by atoms with E-state index in [2.05, 4.69) is 62.4 Å². The Kier molecular flexibility index (Phi) is 4.26. The van der Waals surface area contributed by atoms with Gasteiger partial charge in [0.1, 0.15) is 0 Å². The van der Waals surface area contributed by atoms with E-state index in [-0.39, 0.29) is 11.1 Å². The second kappa shape index (κ2) is 6.69. The fraction of sp³-hybridized carbons (Fsp3) is 0.462. The van der Waals surface area contributed by atoms with Crippen LogP contribution in [-0.2, 0) is 12.8 Å². The maximum Gasteiger partial charge on any atom is 0.0652 e. The van der Waals surface area contributed by atoms with Crippen molar-refractivity contribution in [2.24, 2.45) is 9.98 Å². The molecule has 2 aromatic carbocycles. The van der Waals surface area contributed by atoms with Crippen LogP contribution in [0.1, 0.15) is 74.6 Å². The lowest BCUT2D eigenvalue weighted by atomic mass is 9.74. The molecule has 2 aliphatic heterocycles. The molecule has 1 fully saturated rings. The van der Waals surface area contributed by atoms with Crippen molar-refractivity contribution in [1.29, 1.82) is 0 Å². The van der Waals surface area contributed by atoms with E-state index >= 15 is 0 Å². The predicted octanol–water partition coefficient (Wildman–Crippen LogP) is 5.95. The Hall–Kier alpha value is -2.22. The van der Waals surface area contributed by atoms with Crippen LogP contribution in [0.3, 0.4) is 0 Å². The minimum absolute atomic E-state index is 0.0407. The van der Waals surface area contributed by atoms with E-state index in [1.165, 1.54) is 65.8 Å². The van der Waals surface area contributed by atoms with Crippen molar-refractivity contribution in [3.05, 3.63) is 70.8 Å². The standard InChI is InChI=1S/C26H30N2/c1-25(2)17-19-10-4-6-12-21(19)23(27-25)16-24-22-13-7-5-11-20(22)18-26(28-24)14-8-3-9-15-26/h4-7,10-13H,3,8-9,14-18H2,1-2H3. The van der Waals surface area contributed by atoms with Crippen LogP contribution in [0.5, 0.6) is 0 Å². The molecule has 1 aliphatic carbocycles. The SMILES string of the molecule is CC1(C)Cc2ccccc2C(CC2=NC3(CCCCC3)Cc3ccccc32)=N1. The minimum atomic E-state index is -0.0407. The first kappa shape index (κ1) is 17.8. The van der Waals surface area contributed by atoms with Crippen LogP contribution in [0.25, 0.3) is 0 Å². The number of aliphatic imine (C=N–C) groups is 2. The number of fused-ring (bicyclic) bond motifs is 2. The van der Waals surface area contributed by atoms with Gasteiger partial charge in [-0.2, -0.15) is 0 Å². The monoisotopic (exact) mass is 370 g/mol. The number of hydrogen-bond donors (Lipinski definition) is 0. The van der Waals surface area contributed by atoms with Gasteiger partial charge in [0.25, 0.3) is 0 Å². The van der Waals surface area contributed by atoms with Crippen LogP contribution in [0.15, 0.2) is 58.5 Å². The van der Waals surface area contributed by atoms with Gasteiger partial charge in [-0.15, -0.1) is 0 Å². The summed E-state index contributed by atoms with van der Waals surface area (Å²) in [4.78, 5) is 10.7. The van der Waals surface area contributed by atoms with Gasteiger partial charge in [0.05, 0.1) is 11.1 Å². The second-order valence-corrected chi connectivity index (χ2v) is 9.56. The molecule has 0 amide bonds. The first-order valence-electron chi connectivity index (χ1n) is 10.9. The lowest BCUT2D eigenvalue weighted by Gasteiger charge is -2.39. The van der Waals surface area contributed by atoms with Gasteiger partial charge >= 0.3 is 0 Å². The summed E-state index contributed by atoms with van der Waals surface area (Å²) in [6.07, 6.45) is 9.44. The second-order valence-electron chi connectivity index (χ2n) is 9.56. The van der Waals surface area contributed by atoms with Crippen LogP contribution in [-0.4, -0.2) is 22.5 Å². The van der Waals surface area contributed by atoms with Crippen molar-refractivity contribution in [2.75, 3.05) is 0 Å². The molecule has 1 saturated carbocycles. The highest BCUT2D eigenvalue weighted by Crippen LogP contribution is 2.40. The van der Waals surface area contributed by atoms with E-state index in [0.29, 0.717) is 0 Å². The maximum atomic E-state index is 5.46. The minimum Gasteiger partial charge on any atom is -0.282 e. The molecular formula is C26H30N2. The third-order valence-corrected chi connectivity index (χ3v) is 6.73. The Labute approximate surface area is 168 Å². The molecular weight excluding hydrogens is 340 g/mol. The number of rotatable bonds is 2. The van der Waals surface area contributed by atoms with Gasteiger partial charge in [-0.1, -0.05) is 67.8 Å². The Morgan fingerprint density at radius 3 is 1.96 bits per heavy atom. The van der Waals surface area contributed by atoms with Gasteiger partial charge < -0.3 is 0 Å². The molecule has 1 spiro atoms. The first-order chi connectivity index (χ1) is 13.5. The summed E-state index contributed by atoms with van der Waals surface area (Å²) in [6.45, 7) is 4.50. The molecule has 2 heterocycles. The highest BCUT2D eigenvalue weighted by Gasteiger charge is 2.37. The lowest BCUT2D eigenvalue weighted by molar-refractivity contribution is 0.294. The van der Waals surface area contributed by atoms with Crippen LogP contribution in [0, 0.1) is 0 Å². The highest BCUT2D eigenvalue weighted by atomic mass is 14.9. The zero-order valence-corrected chi connectivity index (χ0v) is 17.2. The predicted molar refractivity (Wildman–Crippen MR) is 118 cm³/mol. The molecule has 2 nitrogen and oxygen atoms in total. The summed E-state index contributed by atoms with van der Waals surface area (Å²) in [5.41, 5.74) is 8.15. The quantitative estimate of drug-likeness (QED) is 0.624. The van der Waals surface area contributed by atoms with Gasteiger partial charge in [0, 0.05) is 17.8 Å². The summed E-state index contributed by atoms with van der Waals surface area (Å²) in [5, 5.41) is 0. The van der Waals surface area contributed by atoms with Gasteiger partial charge in [-0.3, -0.25) is 9.98 Å². The topological polar surface area (TPSA) is 24.7 Å². The van der Waals surface area contributed by atoms with Crippen molar-refractivity contribution in [2.45, 2.75) is 76.3 Å². The van der Waals surface area contributed by atoms with Crippen molar-refractivity contribution in [3.63, 3.8) is 0 Å². The van der Waals surface area contributed by atoms with E-state index < -0.39 is 0 Å². The van der Waals surface area contributed by atoms with Crippen LogP contribution in [0.2, 0.25) is 0 Å². The van der Waals surface area contributed by atoms with Crippen LogP contribution >= 0.6 is 0 Å². The van der Waals surface area contributed by atoms with E-state index in [9.17, 15) is 0 Å². The van der Waals surface area contributed by atoms with E-state index in [1.54, 1.807) is 0 Å². The molecule has 144 valence electrons. The molecule has 0 bridgehead atoms. The van der Waals surface area contributed by atoms with Crippen LogP contribution < -0.4 is 0 Å². The number of benzene rings is 2. The van der Waals surface area contributed by atoms with Crippen LogP contribution in [0.4, 0.5) is 0 Å². The maximum absolute atomic E-state index is 5.46. The van der Waals surface area contributed by atoms with Crippen molar-refractivity contribution >= 4 is 11.4 Å². The van der Waals surface area contributed by atoms with Crippen molar-refractivity contribution < 1.29 is 0 Å². The summed E-state index contributed by atoms with van der Waals surface area (Å²) in [6, 6.07) is 17.8. The molecule has 0 saturated heterocycles. The van der Waals surface area contributed by atoms with Gasteiger partial charge in [-0.25, -0.2) is 0 Å². The third-order valence-electron chi connectivity index (χ3n) is 6.73. The van der Waals surface area contributed by atoms with E-state index in [0.717, 1.165) is 19.3 Å². The first-order valence-corrected chi connectivity index (χ1v) is 10.9. The lowest BCUT2D eigenvalue weighted by Crippen LogP contribution is -2.38. The fourth-order valence-electron chi connectivity index (χ4n) is 5.51. The van der Waals surface area contributed by atoms with E-state index in [4.69, 9.17) is 9.98 Å². The fourth-order valence-corrected chi connectivity index (χ4v) is 5.51. The Balaban J connectivity index is 1.58. The largest absolute Gasteiger partial charge is 0.282 e. The Morgan fingerprint density at radius 1 is 0.714 bits per heavy atom. The normalized spacial score (nSPS) is 22.1. The zero-order chi connectivity index (χ0) is 19.2. The molecule has 2 heteroatoms. The molecule has 0 unspecified atom stereocenters. The molecule has 0 radical (unpaired) electrons. The van der Waals surface area contributed by atoms with Crippen molar-refractivity contribution in [1.82, 2.24) is 0 Å². The zero-order valence-electron chi connectivity index (χ0n) is 17.2. The molecule has 0 atom stereocenters. The average molecular weight is 371 g/mol. The van der Waals surface area contributed by atoms with Gasteiger partial charge in [0.2, 0.25) is 0 Å². The van der Waals surface area contributed by atoms with Gasteiger partial charge in [0.15, 0.2) is 0 Å².